The monoisotopic (exact) mass is 285 g/mol. The topological polar surface area (TPSA) is 69.6 Å². The smallest absolute Gasteiger partial charge is 0.189 e. The van der Waals surface area contributed by atoms with Gasteiger partial charge in [-0.3, -0.25) is 0 Å². The van der Waals surface area contributed by atoms with Crippen LogP contribution in [0.5, 0.6) is 0 Å². The fraction of sp³-hybridized carbons (Fsp3) is 0.0714. The van der Waals surface area contributed by atoms with Crippen LogP contribution < -0.4 is 5.73 Å². The van der Waals surface area contributed by atoms with Crippen molar-refractivity contribution < 1.29 is 0 Å². The molecule has 0 fully saturated rings. The van der Waals surface area contributed by atoms with Crippen LogP contribution in [0.1, 0.15) is 5.56 Å². The largest absolute Gasteiger partial charge is 0.398 e. The van der Waals surface area contributed by atoms with E-state index in [1.807, 2.05) is 49.4 Å². The van der Waals surface area contributed by atoms with E-state index in [0.717, 1.165) is 16.8 Å². The standard InChI is InChI=1S/C14H12ClN5/c1-9-8-10(15)6-7-13(9)20-14(17-18-19-20)11-4-2-3-5-12(11)16/h2-8H,16H2,1H3. The maximum atomic E-state index is 5.99. The van der Waals surface area contributed by atoms with Gasteiger partial charge in [0.2, 0.25) is 0 Å². The third-order valence-electron chi connectivity index (χ3n) is 3.06. The molecule has 0 unspecified atom stereocenters. The average molecular weight is 286 g/mol. The molecule has 0 radical (unpaired) electrons. The van der Waals surface area contributed by atoms with Gasteiger partial charge in [-0.15, -0.1) is 5.10 Å². The molecular weight excluding hydrogens is 274 g/mol. The minimum absolute atomic E-state index is 0.605. The molecule has 6 heteroatoms. The van der Waals surface area contributed by atoms with Crippen LogP contribution in [-0.2, 0) is 0 Å². The summed E-state index contributed by atoms with van der Waals surface area (Å²) in [6, 6.07) is 13.1. The number of anilines is 1. The third-order valence-corrected chi connectivity index (χ3v) is 3.29. The zero-order chi connectivity index (χ0) is 14.1. The molecule has 2 aromatic carbocycles. The van der Waals surface area contributed by atoms with Gasteiger partial charge in [-0.1, -0.05) is 23.7 Å². The predicted molar refractivity (Wildman–Crippen MR) is 78.7 cm³/mol. The van der Waals surface area contributed by atoms with Crippen LogP contribution in [0.25, 0.3) is 17.1 Å². The lowest BCUT2D eigenvalue weighted by atomic mass is 10.1. The van der Waals surface area contributed by atoms with E-state index < -0.39 is 0 Å². The van der Waals surface area contributed by atoms with Gasteiger partial charge in [0.1, 0.15) is 0 Å². The number of tetrazole rings is 1. The molecule has 5 nitrogen and oxygen atoms in total. The number of hydrogen-bond donors (Lipinski definition) is 1. The van der Waals surface area contributed by atoms with Crippen LogP contribution in [0.3, 0.4) is 0 Å². The summed E-state index contributed by atoms with van der Waals surface area (Å²) in [7, 11) is 0. The van der Waals surface area contributed by atoms with Gasteiger partial charge in [-0.2, -0.15) is 4.68 Å². The number of nitrogens with zero attached hydrogens (tertiary/aromatic N) is 4. The Morgan fingerprint density at radius 1 is 1.15 bits per heavy atom. The summed E-state index contributed by atoms with van der Waals surface area (Å²) in [5, 5.41) is 12.6. The summed E-state index contributed by atoms with van der Waals surface area (Å²) in [4.78, 5) is 0. The number of para-hydroxylation sites is 1. The fourth-order valence-electron chi connectivity index (χ4n) is 2.07. The lowest BCUT2D eigenvalue weighted by molar-refractivity contribution is 0.787. The first-order valence-electron chi connectivity index (χ1n) is 6.06. The fourth-order valence-corrected chi connectivity index (χ4v) is 2.30. The first-order valence-corrected chi connectivity index (χ1v) is 6.44. The second kappa shape index (κ2) is 4.94. The molecule has 0 saturated carbocycles. The zero-order valence-electron chi connectivity index (χ0n) is 10.8. The van der Waals surface area contributed by atoms with Gasteiger partial charge >= 0.3 is 0 Å². The molecule has 3 rings (SSSR count). The Balaban J connectivity index is 2.18. The van der Waals surface area contributed by atoms with Crippen molar-refractivity contribution in [1.82, 2.24) is 20.2 Å². The zero-order valence-corrected chi connectivity index (χ0v) is 11.5. The van der Waals surface area contributed by atoms with E-state index in [0.29, 0.717) is 16.5 Å². The van der Waals surface area contributed by atoms with Crippen molar-refractivity contribution in [3.05, 3.63) is 53.1 Å². The SMILES string of the molecule is Cc1cc(Cl)ccc1-n1nnnc1-c1ccccc1N. The van der Waals surface area contributed by atoms with Crippen molar-refractivity contribution in [1.29, 1.82) is 0 Å². The van der Waals surface area contributed by atoms with Gasteiger partial charge in [0.15, 0.2) is 5.82 Å². The van der Waals surface area contributed by atoms with Crippen molar-refractivity contribution in [3.8, 4) is 17.1 Å². The second-order valence-corrected chi connectivity index (χ2v) is 4.87. The van der Waals surface area contributed by atoms with E-state index in [2.05, 4.69) is 15.5 Å². The number of rotatable bonds is 2. The third kappa shape index (κ3) is 2.12. The van der Waals surface area contributed by atoms with Crippen LogP contribution in [0.15, 0.2) is 42.5 Å². The summed E-state index contributed by atoms with van der Waals surface area (Å²) in [6.45, 7) is 1.96. The van der Waals surface area contributed by atoms with Crippen molar-refractivity contribution in [2.24, 2.45) is 0 Å². The molecule has 1 aromatic heterocycles. The van der Waals surface area contributed by atoms with E-state index in [4.69, 9.17) is 17.3 Å². The van der Waals surface area contributed by atoms with E-state index in [1.165, 1.54) is 0 Å². The first-order chi connectivity index (χ1) is 9.66. The highest BCUT2D eigenvalue weighted by Crippen LogP contribution is 2.26. The lowest BCUT2D eigenvalue weighted by Crippen LogP contribution is -2.03. The molecular formula is C14H12ClN5. The van der Waals surface area contributed by atoms with Gasteiger partial charge in [0, 0.05) is 16.3 Å². The van der Waals surface area contributed by atoms with Gasteiger partial charge in [0.05, 0.1) is 5.69 Å². The molecule has 0 atom stereocenters. The van der Waals surface area contributed by atoms with Crippen LogP contribution in [0.2, 0.25) is 5.02 Å². The lowest BCUT2D eigenvalue weighted by Gasteiger charge is -2.09. The Bertz CT molecular complexity index is 766. The van der Waals surface area contributed by atoms with Crippen molar-refractivity contribution in [3.63, 3.8) is 0 Å². The van der Waals surface area contributed by atoms with Gasteiger partial charge < -0.3 is 5.73 Å². The van der Waals surface area contributed by atoms with Crippen LogP contribution in [-0.4, -0.2) is 20.2 Å². The average Bonchev–Trinajstić information content (AvgIpc) is 2.88. The Morgan fingerprint density at radius 3 is 2.70 bits per heavy atom. The second-order valence-electron chi connectivity index (χ2n) is 4.43. The minimum Gasteiger partial charge on any atom is -0.398 e. The Hall–Kier alpha value is -2.40. The number of nitrogen functional groups attached to an aromatic ring is 1. The van der Waals surface area contributed by atoms with Crippen LogP contribution in [0, 0.1) is 6.92 Å². The van der Waals surface area contributed by atoms with E-state index in [-0.39, 0.29) is 0 Å². The molecule has 20 heavy (non-hydrogen) atoms. The maximum absolute atomic E-state index is 5.99. The molecule has 3 aromatic rings. The molecule has 0 amide bonds. The number of hydrogen-bond acceptors (Lipinski definition) is 4. The summed E-state index contributed by atoms with van der Waals surface area (Å²) in [6.07, 6.45) is 0. The van der Waals surface area contributed by atoms with Crippen LogP contribution >= 0.6 is 11.6 Å². The molecule has 0 aliphatic rings. The molecule has 0 spiro atoms. The van der Waals surface area contributed by atoms with E-state index in [1.54, 1.807) is 4.68 Å². The molecule has 0 saturated heterocycles. The number of nitrogens with two attached hydrogens (primary N) is 1. The highest BCUT2D eigenvalue weighted by atomic mass is 35.5. The normalized spacial score (nSPS) is 10.7. The van der Waals surface area contributed by atoms with Crippen molar-refractivity contribution >= 4 is 17.3 Å². The number of halogens is 1. The minimum atomic E-state index is 0.605. The van der Waals surface area contributed by atoms with Gasteiger partial charge in [-0.05, 0) is 53.2 Å². The summed E-state index contributed by atoms with van der Waals surface area (Å²) < 4.78 is 1.66. The van der Waals surface area contributed by atoms with E-state index in [9.17, 15) is 0 Å². The quantitative estimate of drug-likeness (QED) is 0.735. The highest BCUT2D eigenvalue weighted by molar-refractivity contribution is 6.30. The molecule has 100 valence electrons. The maximum Gasteiger partial charge on any atom is 0.189 e. The molecule has 0 aliphatic carbocycles. The van der Waals surface area contributed by atoms with Crippen LogP contribution in [0.4, 0.5) is 5.69 Å². The molecule has 2 N–H and O–H groups in total. The Labute approximate surface area is 121 Å². The Morgan fingerprint density at radius 2 is 1.95 bits per heavy atom. The highest BCUT2D eigenvalue weighted by Gasteiger charge is 2.14. The van der Waals surface area contributed by atoms with Crippen molar-refractivity contribution in [2.45, 2.75) is 6.92 Å². The summed E-state index contributed by atoms with van der Waals surface area (Å²) in [5.74, 6) is 0.605. The molecule has 0 aliphatic heterocycles. The van der Waals surface area contributed by atoms with Gasteiger partial charge in [0.25, 0.3) is 0 Å². The first kappa shape index (κ1) is 12.6. The molecule has 0 bridgehead atoms. The summed E-state index contributed by atoms with van der Waals surface area (Å²) in [5.41, 5.74) is 9.28. The number of benzene rings is 2. The number of aromatic nitrogens is 4. The van der Waals surface area contributed by atoms with Gasteiger partial charge in [-0.25, -0.2) is 0 Å². The van der Waals surface area contributed by atoms with Crippen molar-refractivity contribution in [2.75, 3.05) is 5.73 Å². The predicted octanol–water partition coefficient (Wildman–Crippen LogP) is 2.87. The number of aryl methyl sites for hydroxylation is 1. The van der Waals surface area contributed by atoms with E-state index >= 15 is 0 Å². The Kier molecular flexibility index (Phi) is 3.12. The molecule has 1 heterocycles. The summed E-state index contributed by atoms with van der Waals surface area (Å²) >= 11 is 5.98.